The normalized spacial score (nSPS) is 13.4. The van der Waals surface area contributed by atoms with Crippen molar-refractivity contribution >= 4 is 11.0 Å². The molecule has 168 valence electrons. The summed E-state index contributed by atoms with van der Waals surface area (Å²) in [5, 5.41) is 0.421. The molecule has 1 aliphatic heterocycles. The monoisotopic (exact) mass is 447 g/mol. The lowest BCUT2D eigenvalue weighted by molar-refractivity contribution is 0.0889. The van der Waals surface area contributed by atoms with Crippen molar-refractivity contribution in [3.63, 3.8) is 0 Å². The minimum absolute atomic E-state index is 0.135. The van der Waals surface area contributed by atoms with E-state index in [0.29, 0.717) is 53.8 Å². The van der Waals surface area contributed by atoms with Crippen molar-refractivity contribution in [3.05, 3.63) is 93.6 Å². The van der Waals surface area contributed by atoms with E-state index in [1.54, 1.807) is 62.6 Å². The zero-order chi connectivity index (χ0) is 22.9. The number of hydrogen-bond acceptors (Lipinski definition) is 6. The van der Waals surface area contributed by atoms with Gasteiger partial charge in [0.25, 0.3) is 0 Å². The first-order valence-corrected chi connectivity index (χ1v) is 10.5. The van der Waals surface area contributed by atoms with Gasteiger partial charge in [0.15, 0.2) is 0 Å². The Kier molecular flexibility index (Phi) is 5.48. The molecule has 4 aromatic rings. The number of nitrogens with zero attached hydrogens (tertiary/aromatic N) is 1. The highest BCUT2D eigenvalue weighted by Gasteiger charge is 2.24. The summed E-state index contributed by atoms with van der Waals surface area (Å²) in [5.74, 6) is 2.03. The number of ether oxygens (including phenoxy) is 3. The Labute approximate surface area is 189 Å². The number of benzene rings is 3. The zero-order valence-electron chi connectivity index (χ0n) is 18.3. The summed E-state index contributed by atoms with van der Waals surface area (Å²) < 4.78 is 36.4. The lowest BCUT2D eigenvalue weighted by Gasteiger charge is -2.29. The quantitative estimate of drug-likeness (QED) is 0.409. The van der Waals surface area contributed by atoms with Gasteiger partial charge in [0, 0.05) is 19.2 Å². The van der Waals surface area contributed by atoms with Crippen LogP contribution in [0.2, 0.25) is 0 Å². The minimum Gasteiger partial charge on any atom is -0.497 e. The lowest BCUT2D eigenvalue weighted by Crippen LogP contribution is -2.31. The average Bonchev–Trinajstić information content (AvgIpc) is 2.83. The first-order valence-electron chi connectivity index (χ1n) is 10.5. The highest BCUT2D eigenvalue weighted by atomic mass is 19.1. The zero-order valence-corrected chi connectivity index (χ0v) is 18.3. The Balaban J connectivity index is 1.48. The number of aryl methyl sites for hydroxylation is 1. The van der Waals surface area contributed by atoms with Crippen LogP contribution in [0.15, 0.2) is 69.9 Å². The second-order valence-electron chi connectivity index (χ2n) is 7.90. The molecule has 0 radical (unpaired) electrons. The number of fused-ring (bicyclic) bond motifs is 3. The summed E-state index contributed by atoms with van der Waals surface area (Å²) in [4.78, 5) is 15.4. The van der Waals surface area contributed by atoms with Crippen molar-refractivity contribution in [2.75, 3.05) is 13.8 Å². The summed E-state index contributed by atoms with van der Waals surface area (Å²) in [6.45, 7) is 3.20. The van der Waals surface area contributed by atoms with Gasteiger partial charge < -0.3 is 18.6 Å². The van der Waals surface area contributed by atoms with E-state index in [2.05, 4.69) is 4.90 Å². The van der Waals surface area contributed by atoms with Crippen molar-refractivity contribution in [1.29, 1.82) is 0 Å². The highest BCUT2D eigenvalue weighted by Crippen LogP contribution is 2.35. The van der Waals surface area contributed by atoms with Crippen molar-refractivity contribution in [2.45, 2.75) is 20.0 Å². The Morgan fingerprint density at radius 1 is 1.06 bits per heavy atom. The van der Waals surface area contributed by atoms with E-state index >= 15 is 0 Å². The lowest BCUT2D eigenvalue weighted by atomic mass is 10.1. The molecule has 0 spiro atoms. The summed E-state index contributed by atoms with van der Waals surface area (Å²) in [6, 6.07) is 16.9. The molecule has 1 aliphatic rings. The third kappa shape index (κ3) is 4.15. The molecule has 0 atom stereocenters. The van der Waals surface area contributed by atoms with Crippen molar-refractivity contribution in [2.24, 2.45) is 0 Å². The van der Waals surface area contributed by atoms with E-state index < -0.39 is 0 Å². The fraction of sp³-hybridized carbons (Fsp3) is 0.192. The Hall–Kier alpha value is -3.84. The maximum atomic E-state index is 13.3. The van der Waals surface area contributed by atoms with Gasteiger partial charge >= 0.3 is 0 Å². The van der Waals surface area contributed by atoms with E-state index in [-0.39, 0.29) is 17.0 Å². The molecule has 1 aromatic heterocycles. The van der Waals surface area contributed by atoms with Crippen LogP contribution in [-0.2, 0) is 13.1 Å². The second kappa shape index (κ2) is 8.60. The van der Waals surface area contributed by atoms with Crippen LogP contribution in [-0.4, -0.2) is 18.7 Å². The summed E-state index contributed by atoms with van der Waals surface area (Å²) >= 11 is 0. The molecule has 0 bridgehead atoms. The van der Waals surface area contributed by atoms with Crippen LogP contribution in [0.3, 0.4) is 0 Å². The third-order valence-corrected chi connectivity index (χ3v) is 5.61. The SMILES string of the molecule is COc1cccc(Oc2c(C)oc3c4c(ccc3c2=O)OCN(Cc2ccc(F)cc2)C4)c1. The Morgan fingerprint density at radius 2 is 1.85 bits per heavy atom. The molecule has 0 N–H and O–H groups in total. The van der Waals surface area contributed by atoms with Gasteiger partial charge in [0.05, 0.1) is 18.1 Å². The van der Waals surface area contributed by atoms with Crippen LogP contribution in [0.1, 0.15) is 16.9 Å². The molecule has 0 unspecified atom stereocenters. The molecule has 7 heteroatoms. The molecule has 33 heavy (non-hydrogen) atoms. The highest BCUT2D eigenvalue weighted by molar-refractivity contribution is 5.83. The van der Waals surface area contributed by atoms with Gasteiger partial charge in [0.1, 0.15) is 41.1 Å². The molecule has 0 amide bonds. The number of halogens is 1. The molecule has 0 aliphatic carbocycles. The predicted octanol–water partition coefficient (Wildman–Crippen LogP) is 5.39. The van der Waals surface area contributed by atoms with Gasteiger partial charge in [-0.05, 0) is 48.9 Å². The van der Waals surface area contributed by atoms with Gasteiger partial charge in [-0.1, -0.05) is 18.2 Å². The van der Waals surface area contributed by atoms with Gasteiger partial charge in [-0.3, -0.25) is 9.69 Å². The fourth-order valence-electron chi connectivity index (χ4n) is 3.95. The van der Waals surface area contributed by atoms with Crippen molar-refractivity contribution in [3.8, 4) is 23.0 Å². The summed E-state index contributed by atoms with van der Waals surface area (Å²) in [6.07, 6.45) is 0. The Bertz CT molecular complexity index is 1380. The number of rotatable bonds is 5. The van der Waals surface area contributed by atoms with Crippen LogP contribution in [0.25, 0.3) is 11.0 Å². The van der Waals surface area contributed by atoms with Crippen LogP contribution in [0.5, 0.6) is 23.0 Å². The van der Waals surface area contributed by atoms with Gasteiger partial charge in [-0.15, -0.1) is 0 Å². The van der Waals surface area contributed by atoms with Gasteiger partial charge in [0.2, 0.25) is 11.2 Å². The molecule has 0 saturated heterocycles. The van der Waals surface area contributed by atoms with Crippen molar-refractivity contribution < 1.29 is 23.0 Å². The largest absolute Gasteiger partial charge is 0.497 e. The first-order chi connectivity index (χ1) is 16.0. The van der Waals surface area contributed by atoms with Crippen LogP contribution < -0.4 is 19.6 Å². The number of methoxy groups -OCH3 is 1. The number of hydrogen-bond donors (Lipinski definition) is 0. The van der Waals surface area contributed by atoms with Crippen LogP contribution >= 0.6 is 0 Å². The molecule has 3 aromatic carbocycles. The van der Waals surface area contributed by atoms with E-state index in [0.717, 1.165) is 11.1 Å². The first kappa shape index (κ1) is 21.0. The maximum absolute atomic E-state index is 13.3. The van der Waals surface area contributed by atoms with E-state index in [9.17, 15) is 9.18 Å². The van der Waals surface area contributed by atoms with E-state index in [1.165, 1.54) is 12.1 Å². The van der Waals surface area contributed by atoms with Gasteiger partial charge in [-0.25, -0.2) is 4.39 Å². The predicted molar refractivity (Wildman–Crippen MR) is 121 cm³/mol. The molecule has 2 heterocycles. The van der Waals surface area contributed by atoms with E-state index in [4.69, 9.17) is 18.6 Å². The third-order valence-electron chi connectivity index (χ3n) is 5.61. The molecule has 0 fully saturated rings. The summed E-state index contributed by atoms with van der Waals surface area (Å²) in [7, 11) is 1.57. The fourth-order valence-corrected chi connectivity index (χ4v) is 3.95. The topological polar surface area (TPSA) is 61.1 Å². The maximum Gasteiger partial charge on any atom is 0.235 e. The molecule has 6 nitrogen and oxygen atoms in total. The second-order valence-corrected chi connectivity index (χ2v) is 7.90. The van der Waals surface area contributed by atoms with Crippen LogP contribution in [0.4, 0.5) is 4.39 Å². The molecular formula is C26H22FNO5. The molecular weight excluding hydrogens is 425 g/mol. The smallest absolute Gasteiger partial charge is 0.235 e. The van der Waals surface area contributed by atoms with E-state index in [1.807, 2.05) is 0 Å². The standard InChI is InChI=1S/C26H22FNO5/c1-16-25(33-20-5-3-4-19(12-20)30-2)24(29)21-10-11-23-22(26(21)32-16)14-28(15-31-23)13-17-6-8-18(27)9-7-17/h3-12H,13-15H2,1-2H3. The minimum atomic E-state index is -0.269. The van der Waals surface area contributed by atoms with Crippen molar-refractivity contribution in [1.82, 2.24) is 4.90 Å². The molecule has 0 saturated carbocycles. The Morgan fingerprint density at radius 3 is 2.64 bits per heavy atom. The van der Waals surface area contributed by atoms with Gasteiger partial charge in [-0.2, -0.15) is 0 Å². The molecule has 5 rings (SSSR count). The van der Waals surface area contributed by atoms with Crippen LogP contribution in [0, 0.1) is 12.7 Å². The average molecular weight is 447 g/mol. The summed E-state index contributed by atoms with van der Waals surface area (Å²) in [5.41, 5.74) is 2.00.